The van der Waals surface area contributed by atoms with E-state index in [1.807, 2.05) is 16.3 Å². The zero-order valence-corrected chi connectivity index (χ0v) is 11.1. The highest BCUT2D eigenvalue weighted by Crippen LogP contribution is 2.20. The number of ether oxygens (including phenoxy) is 1. The number of hydrazine groups is 1. The first kappa shape index (κ1) is 13.9. The Morgan fingerprint density at radius 1 is 1.58 bits per heavy atom. The molecule has 1 aromatic heterocycles. The van der Waals surface area contributed by atoms with E-state index in [0.29, 0.717) is 24.6 Å². The van der Waals surface area contributed by atoms with Crippen LogP contribution in [0.3, 0.4) is 0 Å². The standard InChI is InChI=1S/C11H16N4O3S/c12-10(16)8-6-18-3-2-15(8)5-7-1-4-19-9(7)11(17)14-13/h1,4,8H,2-3,5-6,13H2,(H2,12,16)(H,14,17). The molecular weight excluding hydrogens is 268 g/mol. The third-order valence-corrected chi connectivity index (χ3v) is 3.98. The third-order valence-electron chi connectivity index (χ3n) is 3.03. The van der Waals surface area contributed by atoms with Gasteiger partial charge >= 0.3 is 0 Å². The molecule has 0 aromatic carbocycles. The number of nitrogens with zero attached hydrogens (tertiary/aromatic N) is 1. The van der Waals surface area contributed by atoms with E-state index in [4.69, 9.17) is 16.3 Å². The highest BCUT2D eigenvalue weighted by atomic mass is 32.1. The average molecular weight is 284 g/mol. The van der Waals surface area contributed by atoms with Crippen LogP contribution in [0.4, 0.5) is 0 Å². The lowest BCUT2D eigenvalue weighted by atomic mass is 10.1. The monoisotopic (exact) mass is 284 g/mol. The molecule has 1 aliphatic heterocycles. The van der Waals surface area contributed by atoms with Gasteiger partial charge in [-0.2, -0.15) is 0 Å². The molecule has 1 fully saturated rings. The van der Waals surface area contributed by atoms with Gasteiger partial charge in [0.05, 0.1) is 18.1 Å². The van der Waals surface area contributed by atoms with Gasteiger partial charge in [-0.25, -0.2) is 5.84 Å². The van der Waals surface area contributed by atoms with E-state index in [1.165, 1.54) is 11.3 Å². The fourth-order valence-electron chi connectivity index (χ4n) is 2.03. The van der Waals surface area contributed by atoms with Gasteiger partial charge in [0.1, 0.15) is 6.04 Å². The zero-order valence-electron chi connectivity index (χ0n) is 10.3. The quantitative estimate of drug-likeness (QED) is 0.374. The second kappa shape index (κ2) is 6.11. The van der Waals surface area contributed by atoms with Crippen molar-refractivity contribution in [3.8, 4) is 0 Å². The second-order valence-electron chi connectivity index (χ2n) is 4.21. The number of hydrogen-bond acceptors (Lipinski definition) is 6. The van der Waals surface area contributed by atoms with E-state index in [0.717, 1.165) is 5.56 Å². The first-order chi connectivity index (χ1) is 9.13. The predicted octanol–water partition coefficient (Wildman–Crippen LogP) is -0.962. The van der Waals surface area contributed by atoms with Crippen LogP contribution in [-0.2, 0) is 16.1 Å². The Bertz CT molecular complexity index is 476. The molecule has 1 aliphatic rings. The van der Waals surface area contributed by atoms with Crippen LogP contribution in [0, 0.1) is 0 Å². The normalized spacial score (nSPS) is 20.2. The Hall–Kier alpha value is -1.48. The molecule has 2 rings (SSSR count). The molecule has 8 heteroatoms. The minimum atomic E-state index is -0.456. The summed E-state index contributed by atoms with van der Waals surface area (Å²) in [4.78, 5) is 25.4. The van der Waals surface area contributed by atoms with Crippen LogP contribution in [0.2, 0.25) is 0 Å². The summed E-state index contributed by atoms with van der Waals surface area (Å²) in [5.74, 6) is 4.40. The van der Waals surface area contributed by atoms with Gasteiger partial charge in [0.15, 0.2) is 0 Å². The molecule has 0 spiro atoms. The van der Waals surface area contributed by atoms with Crippen molar-refractivity contribution < 1.29 is 14.3 Å². The molecule has 19 heavy (non-hydrogen) atoms. The summed E-state index contributed by atoms with van der Waals surface area (Å²) < 4.78 is 5.25. The lowest BCUT2D eigenvalue weighted by Gasteiger charge is -2.33. The van der Waals surface area contributed by atoms with Gasteiger partial charge in [0.25, 0.3) is 5.91 Å². The van der Waals surface area contributed by atoms with E-state index in [-0.39, 0.29) is 12.5 Å². The lowest BCUT2D eigenvalue weighted by Crippen LogP contribution is -2.52. The van der Waals surface area contributed by atoms with E-state index in [1.54, 1.807) is 0 Å². The van der Waals surface area contributed by atoms with Crippen LogP contribution in [0.5, 0.6) is 0 Å². The first-order valence-corrected chi connectivity index (χ1v) is 6.70. The van der Waals surface area contributed by atoms with Crippen LogP contribution in [0.25, 0.3) is 0 Å². The van der Waals surface area contributed by atoms with E-state index < -0.39 is 11.9 Å². The molecule has 0 aliphatic carbocycles. The number of thiophene rings is 1. The van der Waals surface area contributed by atoms with Crippen LogP contribution >= 0.6 is 11.3 Å². The molecule has 0 bridgehead atoms. The van der Waals surface area contributed by atoms with E-state index in [9.17, 15) is 9.59 Å². The Morgan fingerprint density at radius 2 is 2.37 bits per heavy atom. The van der Waals surface area contributed by atoms with Gasteiger partial charge in [0, 0.05) is 13.1 Å². The molecule has 2 heterocycles. The van der Waals surface area contributed by atoms with Crippen molar-refractivity contribution in [1.29, 1.82) is 0 Å². The minimum Gasteiger partial charge on any atom is -0.378 e. The van der Waals surface area contributed by atoms with Crippen LogP contribution in [0.1, 0.15) is 15.2 Å². The summed E-state index contributed by atoms with van der Waals surface area (Å²) in [7, 11) is 0. The number of nitrogens with one attached hydrogen (secondary N) is 1. The topological polar surface area (TPSA) is 111 Å². The number of carbonyl (C=O) groups excluding carboxylic acids is 2. The summed E-state index contributed by atoms with van der Waals surface area (Å²) >= 11 is 1.31. The van der Waals surface area contributed by atoms with Gasteiger partial charge in [0.2, 0.25) is 5.91 Å². The summed E-state index contributed by atoms with van der Waals surface area (Å²) in [6.07, 6.45) is 0. The van der Waals surface area contributed by atoms with Crippen molar-refractivity contribution in [2.75, 3.05) is 19.8 Å². The van der Waals surface area contributed by atoms with Crippen molar-refractivity contribution in [2.45, 2.75) is 12.6 Å². The van der Waals surface area contributed by atoms with Crippen LogP contribution in [-0.4, -0.2) is 42.5 Å². The first-order valence-electron chi connectivity index (χ1n) is 5.82. The maximum atomic E-state index is 11.6. The predicted molar refractivity (Wildman–Crippen MR) is 70.2 cm³/mol. The number of amides is 2. The number of nitrogens with two attached hydrogens (primary N) is 2. The van der Waals surface area contributed by atoms with Crippen LogP contribution < -0.4 is 17.0 Å². The molecule has 7 nitrogen and oxygen atoms in total. The van der Waals surface area contributed by atoms with Crippen molar-refractivity contribution in [2.24, 2.45) is 11.6 Å². The van der Waals surface area contributed by atoms with E-state index >= 15 is 0 Å². The molecule has 1 unspecified atom stereocenters. The largest absolute Gasteiger partial charge is 0.378 e. The highest BCUT2D eigenvalue weighted by molar-refractivity contribution is 7.12. The summed E-state index contributed by atoms with van der Waals surface area (Å²) in [5, 5.41) is 1.82. The molecule has 0 saturated carbocycles. The van der Waals surface area contributed by atoms with E-state index in [2.05, 4.69) is 5.43 Å². The van der Waals surface area contributed by atoms with Gasteiger partial charge < -0.3 is 10.5 Å². The lowest BCUT2D eigenvalue weighted by molar-refractivity contribution is -0.129. The molecular formula is C11H16N4O3S. The molecule has 1 saturated heterocycles. The van der Waals surface area contributed by atoms with Crippen molar-refractivity contribution >= 4 is 23.2 Å². The molecule has 5 N–H and O–H groups in total. The smallest absolute Gasteiger partial charge is 0.275 e. The maximum absolute atomic E-state index is 11.6. The number of primary amides is 1. The Balaban J connectivity index is 2.13. The SMILES string of the molecule is NNC(=O)c1sccc1CN1CCOCC1C(N)=O. The molecule has 1 atom stereocenters. The molecule has 1 aromatic rings. The Kier molecular flexibility index (Phi) is 4.48. The van der Waals surface area contributed by atoms with Gasteiger partial charge in [-0.15, -0.1) is 11.3 Å². The fraction of sp³-hybridized carbons (Fsp3) is 0.455. The van der Waals surface area contributed by atoms with Gasteiger partial charge in [-0.1, -0.05) is 0 Å². The maximum Gasteiger partial charge on any atom is 0.275 e. The fourth-order valence-corrected chi connectivity index (χ4v) is 2.85. The minimum absolute atomic E-state index is 0.290. The Morgan fingerprint density at radius 3 is 3.05 bits per heavy atom. The average Bonchev–Trinajstić information content (AvgIpc) is 2.86. The van der Waals surface area contributed by atoms with Gasteiger partial charge in [-0.05, 0) is 17.0 Å². The third kappa shape index (κ3) is 3.10. The number of nitrogen functional groups attached to an aromatic ring is 1. The second-order valence-corrected chi connectivity index (χ2v) is 5.13. The van der Waals surface area contributed by atoms with Gasteiger partial charge in [-0.3, -0.25) is 19.9 Å². The summed E-state index contributed by atoms with van der Waals surface area (Å²) in [5.41, 5.74) is 8.30. The summed E-state index contributed by atoms with van der Waals surface area (Å²) in [6, 6.07) is 1.39. The molecule has 2 amide bonds. The number of rotatable bonds is 4. The van der Waals surface area contributed by atoms with Crippen molar-refractivity contribution in [3.05, 3.63) is 21.9 Å². The highest BCUT2D eigenvalue weighted by Gasteiger charge is 2.28. The number of hydrogen-bond donors (Lipinski definition) is 3. The number of morpholine rings is 1. The molecule has 0 radical (unpaired) electrons. The van der Waals surface area contributed by atoms with Crippen molar-refractivity contribution in [3.63, 3.8) is 0 Å². The molecule has 104 valence electrons. The number of carbonyl (C=O) groups is 2. The Labute approximate surface area is 114 Å². The zero-order chi connectivity index (χ0) is 13.8. The van der Waals surface area contributed by atoms with Crippen molar-refractivity contribution in [1.82, 2.24) is 10.3 Å². The summed E-state index contributed by atoms with van der Waals surface area (Å²) in [6.45, 7) is 1.92. The van der Waals surface area contributed by atoms with Crippen LogP contribution in [0.15, 0.2) is 11.4 Å².